The van der Waals surface area contributed by atoms with E-state index in [1.54, 1.807) is 13.2 Å². The number of aliphatic hydroxyl groups excluding tert-OH is 1. The Kier molecular flexibility index (Phi) is 6.14. The summed E-state index contributed by atoms with van der Waals surface area (Å²) >= 11 is 12.2. The zero-order chi connectivity index (χ0) is 15.3. The van der Waals surface area contributed by atoms with Gasteiger partial charge < -0.3 is 19.9 Å². The van der Waals surface area contributed by atoms with Crippen LogP contribution in [0.4, 0.5) is 0 Å². The van der Waals surface area contributed by atoms with Gasteiger partial charge in [0.2, 0.25) is 0 Å². The van der Waals surface area contributed by atoms with Gasteiger partial charge in [-0.2, -0.15) is 0 Å². The van der Waals surface area contributed by atoms with Gasteiger partial charge >= 0.3 is 0 Å². The molecule has 0 aliphatic carbocycles. The molecule has 0 radical (unpaired) electrons. The molecule has 0 amide bonds. The monoisotopic (exact) mass is 333 g/mol. The quantitative estimate of drug-likeness (QED) is 0.805. The Labute approximate surface area is 135 Å². The van der Waals surface area contributed by atoms with Crippen molar-refractivity contribution in [1.82, 2.24) is 5.32 Å². The van der Waals surface area contributed by atoms with E-state index in [1.807, 2.05) is 6.07 Å². The summed E-state index contributed by atoms with van der Waals surface area (Å²) < 4.78 is 10.8. The highest BCUT2D eigenvalue weighted by molar-refractivity contribution is 6.35. The second-order valence-electron chi connectivity index (χ2n) is 5.46. The molecule has 1 fully saturated rings. The number of hydrogen-bond donors (Lipinski definition) is 2. The van der Waals surface area contributed by atoms with Gasteiger partial charge in [0.15, 0.2) is 0 Å². The van der Waals surface area contributed by atoms with Crippen molar-refractivity contribution in [2.45, 2.75) is 19.4 Å². The van der Waals surface area contributed by atoms with Crippen LogP contribution in [0.25, 0.3) is 0 Å². The third-order valence-electron chi connectivity index (χ3n) is 3.93. The Morgan fingerprint density at radius 1 is 1.43 bits per heavy atom. The molecule has 1 aliphatic rings. The van der Waals surface area contributed by atoms with Crippen LogP contribution in [0.3, 0.4) is 0 Å². The van der Waals surface area contributed by atoms with Crippen LogP contribution in [-0.4, -0.2) is 38.6 Å². The number of hydrogen-bond acceptors (Lipinski definition) is 4. The van der Waals surface area contributed by atoms with Gasteiger partial charge in [-0.25, -0.2) is 0 Å². The molecule has 2 N–H and O–H groups in total. The highest BCUT2D eigenvalue weighted by atomic mass is 35.5. The molecule has 6 heteroatoms. The first-order chi connectivity index (χ1) is 10.1. The van der Waals surface area contributed by atoms with Gasteiger partial charge in [-0.15, -0.1) is 0 Å². The molecular weight excluding hydrogens is 313 g/mol. The van der Waals surface area contributed by atoms with Gasteiger partial charge in [0, 0.05) is 42.3 Å². The first-order valence-electron chi connectivity index (χ1n) is 7.01. The molecule has 0 spiro atoms. The molecule has 0 saturated carbocycles. The van der Waals surface area contributed by atoms with Crippen molar-refractivity contribution in [2.24, 2.45) is 5.41 Å². The summed E-state index contributed by atoms with van der Waals surface area (Å²) in [4.78, 5) is 0. The minimum atomic E-state index is 0.0182. The molecule has 21 heavy (non-hydrogen) atoms. The number of halogens is 2. The average molecular weight is 334 g/mol. The van der Waals surface area contributed by atoms with Crippen LogP contribution in [0.1, 0.15) is 18.4 Å². The van der Waals surface area contributed by atoms with Crippen molar-refractivity contribution in [2.75, 3.05) is 33.5 Å². The van der Waals surface area contributed by atoms with Crippen molar-refractivity contribution >= 4 is 23.2 Å². The first kappa shape index (κ1) is 16.8. The van der Waals surface area contributed by atoms with Crippen molar-refractivity contribution in [3.05, 3.63) is 27.7 Å². The summed E-state index contributed by atoms with van der Waals surface area (Å²) in [5, 5.41) is 13.7. The van der Waals surface area contributed by atoms with Crippen LogP contribution in [0.5, 0.6) is 5.75 Å². The van der Waals surface area contributed by atoms with E-state index in [9.17, 15) is 5.11 Å². The van der Waals surface area contributed by atoms with E-state index in [-0.39, 0.29) is 12.0 Å². The van der Waals surface area contributed by atoms with Crippen LogP contribution >= 0.6 is 23.2 Å². The molecule has 2 rings (SSSR count). The SMILES string of the molecule is COc1c(Cl)cc(Cl)cc1CNCC1(CCO)CCOC1. The summed E-state index contributed by atoms with van der Waals surface area (Å²) in [6, 6.07) is 3.52. The second kappa shape index (κ2) is 7.65. The topological polar surface area (TPSA) is 50.7 Å². The molecule has 1 aromatic carbocycles. The Bertz CT molecular complexity index is 476. The van der Waals surface area contributed by atoms with E-state index >= 15 is 0 Å². The third kappa shape index (κ3) is 4.24. The van der Waals surface area contributed by atoms with E-state index in [0.29, 0.717) is 28.9 Å². The highest BCUT2D eigenvalue weighted by Crippen LogP contribution is 2.34. The van der Waals surface area contributed by atoms with E-state index in [4.69, 9.17) is 32.7 Å². The molecule has 1 aromatic rings. The van der Waals surface area contributed by atoms with Crippen molar-refractivity contribution < 1.29 is 14.6 Å². The van der Waals surface area contributed by atoms with Gasteiger partial charge in [0.25, 0.3) is 0 Å². The summed E-state index contributed by atoms with van der Waals surface area (Å²) in [6.07, 6.45) is 1.71. The van der Waals surface area contributed by atoms with E-state index < -0.39 is 0 Å². The molecule has 1 unspecified atom stereocenters. The smallest absolute Gasteiger partial charge is 0.142 e. The zero-order valence-electron chi connectivity index (χ0n) is 12.1. The third-order valence-corrected chi connectivity index (χ3v) is 4.43. The minimum Gasteiger partial charge on any atom is -0.495 e. The van der Waals surface area contributed by atoms with Crippen molar-refractivity contribution in [3.63, 3.8) is 0 Å². The lowest BCUT2D eigenvalue weighted by Crippen LogP contribution is -2.35. The number of rotatable bonds is 7. The molecule has 4 nitrogen and oxygen atoms in total. The molecule has 0 bridgehead atoms. The molecule has 1 saturated heterocycles. The fraction of sp³-hybridized carbons (Fsp3) is 0.600. The normalized spacial score (nSPS) is 21.7. The van der Waals surface area contributed by atoms with Crippen LogP contribution in [0.2, 0.25) is 10.0 Å². The fourth-order valence-electron chi connectivity index (χ4n) is 2.75. The Balaban J connectivity index is 1.99. The predicted molar refractivity (Wildman–Crippen MR) is 84.3 cm³/mol. The summed E-state index contributed by atoms with van der Waals surface area (Å²) in [5.74, 6) is 0.646. The van der Waals surface area contributed by atoms with Crippen LogP contribution < -0.4 is 10.1 Å². The predicted octanol–water partition coefficient (Wildman–Crippen LogP) is 2.88. The number of ether oxygens (including phenoxy) is 2. The molecule has 1 aliphatic heterocycles. The summed E-state index contributed by atoms with van der Waals surface area (Å²) in [6.45, 7) is 3.01. The Hall–Kier alpha value is -0.520. The second-order valence-corrected chi connectivity index (χ2v) is 6.30. The van der Waals surface area contributed by atoms with Crippen LogP contribution in [0.15, 0.2) is 12.1 Å². The van der Waals surface area contributed by atoms with Gasteiger partial charge in [-0.3, -0.25) is 0 Å². The maximum Gasteiger partial charge on any atom is 0.142 e. The van der Waals surface area contributed by atoms with Gasteiger partial charge in [-0.1, -0.05) is 23.2 Å². The number of nitrogens with one attached hydrogen (secondary N) is 1. The Morgan fingerprint density at radius 3 is 2.86 bits per heavy atom. The maximum atomic E-state index is 9.22. The summed E-state index contributed by atoms with van der Waals surface area (Å²) in [5.41, 5.74) is 0.942. The van der Waals surface area contributed by atoms with E-state index in [1.165, 1.54) is 0 Å². The van der Waals surface area contributed by atoms with Crippen molar-refractivity contribution in [1.29, 1.82) is 0 Å². The standard InChI is InChI=1S/C15H21Cl2NO3/c1-20-14-11(6-12(16)7-13(14)17)8-18-9-15(2-4-19)3-5-21-10-15/h6-7,18-19H,2-5,8-10H2,1H3. The van der Waals surface area contributed by atoms with Gasteiger partial charge in [0.05, 0.1) is 18.7 Å². The minimum absolute atomic E-state index is 0.0182. The molecule has 0 aromatic heterocycles. The Morgan fingerprint density at radius 2 is 2.24 bits per heavy atom. The van der Waals surface area contributed by atoms with Crippen LogP contribution in [-0.2, 0) is 11.3 Å². The summed E-state index contributed by atoms with van der Waals surface area (Å²) in [7, 11) is 1.59. The lowest BCUT2D eigenvalue weighted by Gasteiger charge is -2.27. The zero-order valence-corrected chi connectivity index (χ0v) is 13.6. The lowest BCUT2D eigenvalue weighted by atomic mass is 9.84. The number of methoxy groups -OCH3 is 1. The molecular formula is C15H21Cl2NO3. The van der Waals surface area contributed by atoms with E-state index in [2.05, 4.69) is 5.32 Å². The van der Waals surface area contributed by atoms with Gasteiger partial charge in [0.1, 0.15) is 5.75 Å². The lowest BCUT2D eigenvalue weighted by molar-refractivity contribution is 0.124. The van der Waals surface area contributed by atoms with E-state index in [0.717, 1.165) is 31.6 Å². The fourth-order valence-corrected chi connectivity index (χ4v) is 3.36. The number of benzene rings is 1. The van der Waals surface area contributed by atoms with Gasteiger partial charge in [-0.05, 0) is 25.0 Å². The van der Waals surface area contributed by atoms with Crippen molar-refractivity contribution in [3.8, 4) is 5.75 Å². The molecule has 1 atom stereocenters. The molecule has 118 valence electrons. The first-order valence-corrected chi connectivity index (χ1v) is 7.77. The average Bonchev–Trinajstić information content (AvgIpc) is 2.87. The maximum absolute atomic E-state index is 9.22. The molecule has 1 heterocycles. The highest BCUT2D eigenvalue weighted by Gasteiger charge is 2.33. The largest absolute Gasteiger partial charge is 0.495 e. The van der Waals surface area contributed by atoms with Crippen LogP contribution in [0, 0.1) is 5.41 Å². The number of aliphatic hydroxyl groups is 1.